The summed E-state index contributed by atoms with van der Waals surface area (Å²) in [6, 6.07) is 4.55. The second-order valence-corrected chi connectivity index (χ2v) is 6.71. The first-order chi connectivity index (χ1) is 9.10. The predicted octanol–water partition coefficient (Wildman–Crippen LogP) is 3.18. The zero-order valence-corrected chi connectivity index (χ0v) is 13.8. The molecule has 0 bridgehead atoms. The van der Waals surface area contributed by atoms with E-state index in [2.05, 4.69) is 50.5 Å². The fourth-order valence-corrected chi connectivity index (χ4v) is 2.68. The molecule has 1 aromatic rings. The van der Waals surface area contributed by atoms with Crippen molar-refractivity contribution in [2.45, 2.75) is 60.0 Å². The second-order valence-electron chi connectivity index (χ2n) is 6.71. The van der Waals surface area contributed by atoms with Crippen LogP contribution in [0.15, 0.2) is 12.1 Å². The van der Waals surface area contributed by atoms with Crippen molar-refractivity contribution < 1.29 is 4.79 Å². The first kappa shape index (κ1) is 16.7. The van der Waals surface area contributed by atoms with Gasteiger partial charge in [-0.25, -0.2) is 0 Å². The van der Waals surface area contributed by atoms with E-state index in [4.69, 9.17) is 0 Å². The standard InChI is InChI=1S/C17H28N2O/c1-11-8-12(2)16(13(3)9-11)14(4)18-10-15(20)19-17(5,6)7/h8-9,14,18H,10H2,1-7H3,(H,19,20). The maximum atomic E-state index is 11.8. The van der Waals surface area contributed by atoms with Crippen LogP contribution in [0.2, 0.25) is 0 Å². The molecule has 0 aromatic heterocycles. The van der Waals surface area contributed by atoms with E-state index >= 15 is 0 Å². The minimum absolute atomic E-state index is 0.0340. The molecule has 1 rings (SSSR count). The molecule has 0 aliphatic carbocycles. The number of hydrogen-bond acceptors (Lipinski definition) is 2. The molecule has 0 saturated carbocycles. The summed E-state index contributed by atoms with van der Waals surface area (Å²) in [5, 5.41) is 6.27. The molecule has 3 nitrogen and oxygen atoms in total. The van der Waals surface area contributed by atoms with Crippen LogP contribution in [0.25, 0.3) is 0 Å². The van der Waals surface area contributed by atoms with E-state index in [1.54, 1.807) is 0 Å². The van der Waals surface area contributed by atoms with Crippen molar-refractivity contribution in [2.24, 2.45) is 0 Å². The van der Waals surface area contributed by atoms with Gasteiger partial charge in [0.15, 0.2) is 0 Å². The zero-order chi connectivity index (χ0) is 15.5. The minimum Gasteiger partial charge on any atom is -0.350 e. The Morgan fingerprint density at radius 2 is 1.65 bits per heavy atom. The molecule has 0 fully saturated rings. The van der Waals surface area contributed by atoms with Gasteiger partial charge in [0.25, 0.3) is 0 Å². The van der Waals surface area contributed by atoms with Crippen LogP contribution in [-0.2, 0) is 4.79 Å². The molecule has 0 aliphatic heterocycles. The lowest BCUT2D eigenvalue weighted by atomic mass is 9.95. The number of carbonyl (C=O) groups excluding carboxylic acids is 1. The number of nitrogens with one attached hydrogen (secondary N) is 2. The van der Waals surface area contributed by atoms with Crippen LogP contribution in [-0.4, -0.2) is 18.0 Å². The monoisotopic (exact) mass is 276 g/mol. The van der Waals surface area contributed by atoms with E-state index in [9.17, 15) is 4.79 Å². The fraction of sp³-hybridized carbons (Fsp3) is 0.588. The minimum atomic E-state index is -0.183. The summed E-state index contributed by atoms with van der Waals surface area (Å²) in [4.78, 5) is 11.8. The number of aryl methyl sites for hydroxylation is 3. The second kappa shape index (κ2) is 6.40. The summed E-state index contributed by atoms with van der Waals surface area (Å²) >= 11 is 0. The molecule has 0 saturated heterocycles. The Hall–Kier alpha value is -1.35. The normalized spacial score (nSPS) is 13.2. The molecule has 1 aromatic carbocycles. The number of amides is 1. The average Bonchev–Trinajstić information content (AvgIpc) is 2.22. The number of carbonyl (C=O) groups is 1. The summed E-state index contributed by atoms with van der Waals surface area (Å²) < 4.78 is 0. The van der Waals surface area contributed by atoms with Crippen molar-refractivity contribution >= 4 is 5.91 Å². The molecule has 2 N–H and O–H groups in total. The fourth-order valence-electron chi connectivity index (χ4n) is 2.68. The van der Waals surface area contributed by atoms with Crippen LogP contribution in [0.5, 0.6) is 0 Å². The summed E-state index contributed by atoms with van der Waals surface area (Å²) in [5.74, 6) is 0.0340. The molecule has 112 valence electrons. The summed E-state index contributed by atoms with van der Waals surface area (Å²) in [5.41, 5.74) is 4.94. The smallest absolute Gasteiger partial charge is 0.234 e. The first-order valence-corrected chi connectivity index (χ1v) is 7.22. The molecule has 20 heavy (non-hydrogen) atoms. The molecule has 1 atom stereocenters. The van der Waals surface area contributed by atoms with Crippen molar-refractivity contribution in [1.82, 2.24) is 10.6 Å². The number of benzene rings is 1. The van der Waals surface area contributed by atoms with E-state index < -0.39 is 0 Å². The van der Waals surface area contributed by atoms with Gasteiger partial charge in [0.2, 0.25) is 5.91 Å². The third-order valence-corrected chi connectivity index (χ3v) is 3.25. The van der Waals surface area contributed by atoms with E-state index in [0.29, 0.717) is 6.54 Å². The predicted molar refractivity (Wildman–Crippen MR) is 85.0 cm³/mol. The van der Waals surface area contributed by atoms with Crippen molar-refractivity contribution in [3.05, 3.63) is 34.4 Å². The Kier molecular flexibility index (Phi) is 5.35. The highest BCUT2D eigenvalue weighted by atomic mass is 16.2. The van der Waals surface area contributed by atoms with Crippen LogP contribution >= 0.6 is 0 Å². The lowest BCUT2D eigenvalue weighted by Crippen LogP contribution is -2.45. The van der Waals surface area contributed by atoms with Crippen LogP contribution < -0.4 is 10.6 Å². The van der Waals surface area contributed by atoms with Gasteiger partial charge < -0.3 is 10.6 Å². The Balaban J connectivity index is 2.69. The molecular weight excluding hydrogens is 248 g/mol. The van der Waals surface area contributed by atoms with Gasteiger partial charge in [0.1, 0.15) is 0 Å². The van der Waals surface area contributed by atoms with Crippen LogP contribution in [0, 0.1) is 20.8 Å². The molecule has 0 aliphatic rings. The average molecular weight is 276 g/mol. The highest BCUT2D eigenvalue weighted by Gasteiger charge is 2.16. The summed E-state index contributed by atoms with van der Waals surface area (Å²) in [7, 11) is 0. The Morgan fingerprint density at radius 3 is 2.10 bits per heavy atom. The van der Waals surface area contributed by atoms with Crippen LogP contribution in [0.3, 0.4) is 0 Å². The Labute approximate surface area is 123 Å². The molecular formula is C17H28N2O. The quantitative estimate of drug-likeness (QED) is 0.887. The van der Waals surface area contributed by atoms with Gasteiger partial charge in [-0.3, -0.25) is 4.79 Å². The van der Waals surface area contributed by atoms with E-state index in [-0.39, 0.29) is 17.5 Å². The largest absolute Gasteiger partial charge is 0.350 e. The van der Waals surface area contributed by atoms with Gasteiger partial charge in [-0.2, -0.15) is 0 Å². The number of hydrogen-bond donors (Lipinski definition) is 2. The maximum absolute atomic E-state index is 11.8. The molecule has 0 heterocycles. The molecule has 0 spiro atoms. The number of rotatable bonds is 4. The zero-order valence-electron chi connectivity index (χ0n) is 13.8. The van der Waals surface area contributed by atoms with Gasteiger partial charge in [0, 0.05) is 11.6 Å². The van der Waals surface area contributed by atoms with Crippen LogP contribution in [0.4, 0.5) is 0 Å². The third kappa shape index (κ3) is 4.97. The van der Waals surface area contributed by atoms with Gasteiger partial charge >= 0.3 is 0 Å². The van der Waals surface area contributed by atoms with E-state index in [1.165, 1.54) is 22.3 Å². The third-order valence-electron chi connectivity index (χ3n) is 3.25. The highest BCUT2D eigenvalue weighted by Crippen LogP contribution is 2.23. The Bertz CT molecular complexity index is 463. The Morgan fingerprint density at radius 1 is 1.15 bits per heavy atom. The first-order valence-electron chi connectivity index (χ1n) is 7.22. The topological polar surface area (TPSA) is 41.1 Å². The van der Waals surface area contributed by atoms with Gasteiger partial charge in [-0.1, -0.05) is 17.7 Å². The summed E-state index contributed by atoms with van der Waals surface area (Å²) in [6.07, 6.45) is 0. The van der Waals surface area contributed by atoms with Crippen molar-refractivity contribution in [3.8, 4) is 0 Å². The van der Waals surface area contributed by atoms with Crippen molar-refractivity contribution in [2.75, 3.05) is 6.54 Å². The van der Waals surface area contributed by atoms with Crippen molar-refractivity contribution in [1.29, 1.82) is 0 Å². The maximum Gasteiger partial charge on any atom is 0.234 e. The lowest BCUT2D eigenvalue weighted by molar-refractivity contribution is -0.121. The molecule has 3 heteroatoms. The van der Waals surface area contributed by atoms with Gasteiger partial charge in [-0.15, -0.1) is 0 Å². The van der Waals surface area contributed by atoms with E-state index in [1.807, 2.05) is 20.8 Å². The van der Waals surface area contributed by atoms with Crippen LogP contribution in [0.1, 0.15) is 56.0 Å². The van der Waals surface area contributed by atoms with Gasteiger partial charge in [0.05, 0.1) is 6.54 Å². The highest BCUT2D eigenvalue weighted by molar-refractivity contribution is 5.78. The van der Waals surface area contributed by atoms with E-state index in [0.717, 1.165) is 0 Å². The summed E-state index contributed by atoms with van der Waals surface area (Å²) in [6.45, 7) is 14.8. The lowest BCUT2D eigenvalue weighted by Gasteiger charge is -2.23. The van der Waals surface area contributed by atoms with Crippen molar-refractivity contribution in [3.63, 3.8) is 0 Å². The SMILES string of the molecule is Cc1cc(C)c(C(C)NCC(=O)NC(C)(C)C)c(C)c1. The van der Waals surface area contributed by atoms with Gasteiger partial charge in [-0.05, 0) is 65.2 Å². The molecule has 1 unspecified atom stereocenters. The molecule has 0 radical (unpaired) electrons. The molecule has 1 amide bonds.